The van der Waals surface area contributed by atoms with Crippen molar-refractivity contribution in [3.63, 3.8) is 0 Å². The molecule has 0 radical (unpaired) electrons. The number of methoxy groups -OCH3 is 2. The van der Waals surface area contributed by atoms with E-state index in [9.17, 15) is 15.0 Å². The molecule has 100 valence electrons. The maximum Gasteiger partial charge on any atom is 0.337 e. The second kappa shape index (κ2) is 6.63. The van der Waals surface area contributed by atoms with Gasteiger partial charge in [-0.3, -0.25) is 0 Å². The van der Waals surface area contributed by atoms with E-state index in [2.05, 4.69) is 17.4 Å². The lowest BCUT2D eigenvalue weighted by atomic mass is 10.0. The van der Waals surface area contributed by atoms with Gasteiger partial charge in [-0.25, -0.2) is 4.79 Å². The van der Waals surface area contributed by atoms with Crippen LogP contribution in [0, 0.1) is 0 Å². The quantitative estimate of drug-likeness (QED) is 0.546. The van der Waals surface area contributed by atoms with E-state index in [1.54, 1.807) is 0 Å². The van der Waals surface area contributed by atoms with Crippen molar-refractivity contribution < 1.29 is 24.5 Å². The van der Waals surface area contributed by atoms with E-state index < -0.39 is 18.2 Å². The van der Waals surface area contributed by atoms with Crippen molar-refractivity contribution in [2.45, 2.75) is 12.2 Å². The van der Waals surface area contributed by atoms with Crippen molar-refractivity contribution in [3.05, 3.63) is 29.3 Å². The number of aliphatic hydroxyl groups is 2. The fraction of sp³-hybridized carbons (Fsp3) is 0.417. The van der Waals surface area contributed by atoms with E-state index in [-0.39, 0.29) is 11.3 Å². The monoisotopic (exact) mass is 272 g/mol. The standard InChI is InChI=1S/C12H16O5S/c1-16-10-4-3-7(12(15)17-2)5-8(10)11(14)9(13)6-18/h3-5,9,11,13-14,18H,6H2,1-2H3. The summed E-state index contributed by atoms with van der Waals surface area (Å²) in [5.41, 5.74) is 0.598. The van der Waals surface area contributed by atoms with Gasteiger partial charge in [0.25, 0.3) is 0 Å². The molecule has 0 aliphatic carbocycles. The Bertz CT molecular complexity index is 421. The molecule has 0 fully saturated rings. The SMILES string of the molecule is COC(=O)c1ccc(OC)c(C(O)C(O)CS)c1. The van der Waals surface area contributed by atoms with Gasteiger partial charge in [0.15, 0.2) is 0 Å². The number of rotatable bonds is 5. The van der Waals surface area contributed by atoms with Crippen LogP contribution >= 0.6 is 12.6 Å². The molecule has 5 nitrogen and oxygen atoms in total. The Morgan fingerprint density at radius 2 is 2.06 bits per heavy atom. The predicted octanol–water partition coefficient (Wildman–Crippen LogP) is 0.806. The van der Waals surface area contributed by atoms with Crippen LogP contribution in [0.5, 0.6) is 5.75 Å². The number of esters is 1. The van der Waals surface area contributed by atoms with Crippen LogP contribution in [0.4, 0.5) is 0 Å². The van der Waals surface area contributed by atoms with Crippen LogP contribution < -0.4 is 4.74 Å². The lowest BCUT2D eigenvalue weighted by Gasteiger charge is -2.19. The number of hydrogen-bond acceptors (Lipinski definition) is 6. The van der Waals surface area contributed by atoms with E-state index in [0.29, 0.717) is 11.3 Å². The van der Waals surface area contributed by atoms with Gasteiger partial charge < -0.3 is 19.7 Å². The second-order valence-corrected chi connectivity index (χ2v) is 4.01. The summed E-state index contributed by atoms with van der Waals surface area (Å²) < 4.78 is 9.67. The number of aliphatic hydroxyl groups excluding tert-OH is 2. The number of hydrogen-bond donors (Lipinski definition) is 3. The highest BCUT2D eigenvalue weighted by Crippen LogP contribution is 2.29. The summed E-state index contributed by atoms with van der Waals surface area (Å²) in [6.45, 7) is 0. The third-order valence-electron chi connectivity index (χ3n) is 2.52. The lowest BCUT2D eigenvalue weighted by molar-refractivity contribution is 0.0321. The van der Waals surface area contributed by atoms with Crippen LogP contribution in [0.2, 0.25) is 0 Å². The smallest absolute Gasteiger partial charge is 0.337 e. The molecule has 2 unspecified atom stereocenters. The summed E-state index contributed by atoms with van der Waals surface area (Å²) in [4.78, 5) is 11.4. The number of carbonyl (C=O) groups is 1. The Morgan fingerprint density at radius 1 is 1.39 bits per heavy atom. The Kier molecular flexibility index (Phi) is 5.46. The Morgan fingerprint density at radius 3 is 2.56 bits per heavy atom. The van der Waals surface area contributed by atoms with Gasteiger partial charge in [-0.2, -0.15) is 12.6 Å². The first kappa shape index (κ1) is 14.8. The first-order valence-corrected chi connectivity index (χ1v) is 5.91. The van der Waals surface area contributed by atoms with Crippen LogP contribution in [-0.4, -0.2) is 42.3 Å². The maximum absolute atomic E-state index is 11.4. The molecule has 0 heterocycles. The van der Waals surface area contributed by atoms with Crippen LogP contribution in [-0.2, 0) is 4.74 Å². The highest BCUT2D eigenvalue weighted by molar-refractivity contribution is 7.80. The van der Waals surface area contributed by atoms with Gasteiger partial charge in [0.1, 0.15) is 11.9 Å². The molecule has 1 rings (SSSR count). The lowest BCUT2D eigenvalue weighted by Crippen LogP contribution is -2.20. The summed E-state index contributed by atoms with van der Waals surface area (Å²) in [7, 11) is 2.71. The van der Waals surface area contributed by atoms with Crippen molar-refractivity contribution in [1.82, 2.24) is 0 Å². The molecule has 0 amide bonds. The van der Waals surface area contributed by atoms with Crippen molar-refractivity contribution in [2.24, 2.45) is 0 Å². The number of carbonyl (C=O) groups excluding carboxylic acids is 1. The van der Waals surface area contributed by atoms with Crippen molar-refractivity contribution in [2.75, 3.05) is 20.0 Å². The van der Waals surface area contributed by atoms with E-state index in [1.807, 2.05) is 0 Å². The highest BCUT2D eigenvalue weighted by atomic mass is 32.1. The Labute approximate surface area is 111 Å². The first-order valence-electron chi connectivity index (χ1n) is 5.28. The molecule has 0 aromatic heterocycles. The van der Waals surface area contributed by atoms with E-state index in [4.69, 9.17) is 4.74 Å². The number of thiol groups is 1. The van der Waals surface area contributed by atoms with Gasteiger partial charge in [-0.1, -0.05) is 0 Å². The summed E-state index contributed by atoms with van der Waals surface area (Å²) in [6.07, 6.45) is -2.22. The predicted molar refractivity (Wildman–Crippen MR) is 69.2 cm³/mol. The molecule has 6 heteroatoms. The fourth-order valence-corrected chi connectivity index (χ4v) is 1.72. The molecule has 0 aliphatic heterocycles. The molecule has 2 atom stereocenters. The second-order valence-electron chi connectivity index (χ2n) is 3.64. The van der Waals surface area contributed by atoms with Crippen molar-refractivity contribution in [3.8, 4) is 5.75 Å². The average Bonchev–Trinajstić information content (AvgIpc) is 2.43. The molecule has 1 aromatic carbocycles. The molecule has 0 saturated carbocycles. The van der Waals surface area contributed by atoms with Crippen molar-refractivity contribution in [1.29, 1.82) is 0 Å². The summed E-state index contributed by atoms with van der Waals surface area (Å²) in [6, 6.07) is 4.49. The molecular formula is C12H16O5S. The zero-order valence-corrected chi connectivity index (χ0v) is 11.1. The molecule has 0 aliphatic rings. The van der Waals surface area contributed by atoms with E-state index in [0.717, 1.165) is 0 Å². The normalized spacial score (nSPS) is 13.8. The van der Waals surface area contributed by atoms with Crippen molar-refractivity contribution >= 4 is 18.6 Å². The number of benzene rings is 1. The molecule has 18 heavy (non-hydrogen) atoms. The van der Waals surface area contributed by atoms with Gasteiger partial charge in [0.2, 0.25) is 0 Å². The van der Waals surface area contributed by atoms with Gasteiger partial charge in [-0.05, 0) is 18.2 Å². The van der Waals surface area contributed by atoms with E-state index in [1.165, 1.54) is 32.4 Å². The zero-order valence-electron chi connectivity index (χ0n) is 10.2. The van der Waals surface area contributed by atoms with Crippen LogP contribution in [0.25, 0.3) is 0 Å². The minimum absolute atomic E-state index is 0.0901. The zero-order chi connectivity index (χ0) is 13.7. The first-order chi connectivity index (χ1) is 8.54. The average molecular weight is 272 g/mol. The minimum Gasteiger partial charge on any atom is -0.496 e. The highest BCUT2D eigenvalue weighted by Gasteiger charge is 2.22. The Balaban J connectivity index is 3.17. The summed E-state index contributed by atoms with van der Waals surface area (Å²) in [5.74, 6) is -0.0466. The van der Waals surface area contributed by atoms with Gasteiger partial charge in [0, 0.05) is 11.3 Å². The molecule has 0 spiro atoms. The number of ether oxygens (including phenoxy) is 2. The molecule has 1 aromatic rings. The largest absolute Gasteiger partial charge is 0.496 e. The maximum atomic E-state index is 11.4. The summed E-state index contributed by atoms with van der Waals surface area (Å²) >= 11 is 3.91. The van der Waals surface area contributed by atoms with Crippen LogP contribution in [0.1, 0.15) is 22.0 Å². The van der Waals surface area contributed by atoms with Crippen LogP contribution in [0.3, 0.4) is 0 Å². The minimum atomic E-state index is -1.18. The van der Waals surface area contributed by atoms with Crippen LogP contribution in [0.15, 0.2) is 18.2 Å². The van der Waals surface area contributed by atoms with Gasteiger partial charge >= 0.3 is 5.97 Å². The van der Waals surface area contributed by atoms with E-state index >= 15 is 0 Å². The molecular weight excluding hydrogens is 256 g/mol. The molecule has 0 bridgehead atoms. The molecule has 2 N–H and O–H groups in total. The molecule has 0 saturated heterocycles. The van der Waals surface area contributed by atoms with Gasteiger partial charge in [0.05, 0.1) is 25.9 Å². The third-order valence-corrected chi connectivity index (χ3v) is 2.90. The Hall–Kier alpha value is -1.24. The third kappa shape index (κ3) is 3.16. The summed E-state index contributed by atoms with van der Waals surface area (Å²) in [5, 5.41) is 19.5. The fourth-order valence-electron chi connectivity index (χ4n) is 1.52. The topological polar surface area (TPSA) is 76.0 Å². The van der Waals surface area contributed by atoms with Gasteiger partial charge in [-0.15, -0.1) is 0 Å².